The Morgan fingerprint density at radius 3 is 2.40 bits per heavy atom. The Labute approximate surface area is 121 Å². The lowest BCUT2D eigenvalue weighted by Gasteiger charge is -2.35. The van der Waals surface area contributed by atoms with Gasteiger partial charge in [-0.05, 0) is 25.8 Å². The highest BCUT2D eigenvalue weighted by atomic mass is 16.2. The normalized spacial score (nSPS) is 16.4. The fourth-order valence-electron chi connectivity index (χ4n) is 2.44. The molecule has 20 heavy (non-hydrogen) atoms. The highest BCUT2D eigenvalue weighted by Gasteiger charge is 2.20. The number of rotatable bonds is 4. The quantitative estimate of drug-likeness (QED) is 0.912. The van der Waals surface area contributed by atoms with E-state index in [0.29, 0.717) is 0 Å². The van der Waals surface area contributed by atoms with E-state index < -0.39 is 0 Å². The Kier molecular flexibility index (Phi) is 5.41. The standard InChI is InChI=1S/C16H25N3O/c1-14(2)17-16(20)19-12-10-18(11-13-19)9-8-15-6-4-3-5-7-15/h3-7,14H,8-13H2,1-2H3,(H,17,20). The highest BCUT2D eigenvalue weighted by Crippen LogP contribution is 2.06. The van der Waals surface area contributed by atoms with Crippen LogP contribution in [0.4, 0.5) is 4.79 Å². The van der Waals surface area contributed by atoms with Crippen LogP contribution in [0, 0.1) is 0 Å². The van der Waals surface area contributed by atoms with E-state index in [4.69, 9.17) is 0 Å². The zero-order chi connectivity index (χ0) is 14.4. The Hall–Kier alpha value is -1.55. The zero-order valence-corrected chi connectivity index (χ0v) is 12.5. The molecule has 4 nitrogen and oxygen atoms in total. The third-order valence-electron chi connectivity index (χ3n) is 3.63. The number of nitrogens with zero attached hydrogens (tertiary/aromatic N) is 2. The second-order valence-electron chi connectivity index (χ2n) is 5.67. The molecule has 0 unspecified atom stereocenters. The SMILES string of the molecule is CC(C)NC(=O)N1CCN(CCc2ccccc2)CC1. The van der Waals surface area contributed by atoms with Gasteiger partial charge in [0.1, 0.15) is 0 Å². The first-order chi connectivity index (χ1) is 9.65. The summed E-state index contributed by atoms with van der Waals surface area (Å²) in [5.74, 6) is 0. The molecule has 0 radical (unpaired) electrons. The smallest absolute Gasteiger partial charge is 0.317 e. The molecule has 1 aliphatic rings. The van der Waals surface area contributed by atoms with Gasteiger partial charge >= 0.3 is 6.03 Å². The van der Waals surface area contributed by atoms with Crippen molar-refractivity contribution < 1.29 is 4.79 Å². The minimum Gasteiger partial charge on any atom is -0.336 e. The molecule has 0 atom stereocenters. The van der Waals surface area contributed by atoms with Crippen LogP contribution in [0.25, 0.3) is 0 Å². The number of nitrogens with one attached hydrogen (secondary N) is 1. The van der Waals surface area contributed by atoms with Crippen molar-refractivity contribution in [3.8, 4) is 0 Å². The van der Waals surface area contributed by atoms with Crippen LogP contribution in [0.2, 0.25) is 0 Å². The molecule has 1 aromatic carbocycles. The molecule has 0 saturated carbocycles. The summed E-state index contributed by atoms with van der Waals surface area (Å²) in [6.45, 7) is 8.66. The summed E-state index contributed by atoms with van der Waals surface area (Å²) in [5, 5.41) is 2.95. The van der Waals surface area contributed by atoms with E-state index in [2.05, 4.69) is 40.5 Å². The minimum absolute atomic E-state index is 0.0720. The third-order valence-corrected chi connectivity index (χ3v) is 3.63. The molecule has 0 bridgehead atoms. The number of carbonyl (C=O) groups excluding carboxylic acids is 1. The summed E-state index contributed by atoms with van der Waals surface area (Å²) in [7, 11) is 0. The van der Waals surface area contributed by atoms with E-state index in [1.165, 1.54) is 5.56 Å². The molecule has 1 saturated heterocycles. The Morgan fingerprint density at radius 2 is 1.80 bits per heavy atom. The number of hydrogen-bond acceptors (Lipinski definition) is 2. The van der Waals surface area contributed by atoms with Crippen molar-refractivity contribution in [2.24, 2.45) is 0 Å². The van der Waals surface area contributed by atoms with Crippen molar-refractivity contribution in [1.82, 2.24) is 15.1 Å². The van der Waals surface area contributed by atoms with E-state index in [1.54, 1.807) is 0 Å². The number of carbonyl (C=O) groups is 1. The van der Waals surface area contributed by atoms with Crippen LogP contribution in [0.3, 0.4) is 0 Å². The molecule has 0 aromatic heterocycles. The zero-order valence-electron chi connectivity index (χ0n) is 12.5. The molecular formula is C16H25N3O. The summed E-state index contributed by atoms with van der Waals surface area (Å²) in [6, 6.07) is 10.8. The number of piperazine rings is 1. The van der Waals surface area contributed by atoms with Gasteiger partial charge < -0.3 is 10.2 Å². The molecule has 4 heteroatoms. The number of hydrogen-bond donors (Lipinski definition) is 1. The molecule has 2 rings (SSSR count). The van der Waals surface area contributed by atoms with E-state index in [-0.39, 0.29) is 12.1 Å². The van der Waals surface area contributed by atoms with Crippen LogP contribution >= 0.6 is 0 Å². The van der Waals surface area contributed by atoms with Gasteiger partial charge in [-0.1, -0.05) is 30.3 Å². The van der Waals surface area contributed by atoms with Gasteiger partial charge in [0.15, 0.2) is 0 Å². The molecule has 1 fully saturated rings. The summed E-state index contributed by atoms with van der Waals surface area (Å²) < 4.78 is 0. The average Bonchev–Trinajstić information content (AvgIpc) is 2.46. The topological polar surface area (TPSA) is 35.6 Å². The van der Waals surface area contributed by atoms with Crippen LogP contribution in [-0.4, -0.2) is 54.6 Å². The average molecular weight is 275 g/mol. The Bertz CT molecular complexity index is 411. The first-order valence-electron chi connectivity index (χ1n) is 7.47. The predicted octanol–water partition coefficient (Wildman–Crippen LogP) is 1.96. The van der Waals surface area contributed by atoms with Crippen molar-refractivity contribution in [3.05, 3.63) is 35.9 Å². The van der Waals surface area contributed by atoms with Gasteiger partial charge in [0, 0.05) is 38.8 Å². The van der Waals surface area contributed by atoms with Crippen molar-refractivity contribution >= 4 is 6.03 Å². The summed E-state index contributed by atoms with van der Waals surface area (Å²) in [6.07, 6.45) is 1.08. The molecule has 110 valence electrons. The lowest BCUT2D eigenvalue weighted by molar-refractivity contribution is 0.139. The molecular weight excluding hydrogens is 250 g/mol. The van der Waals surface area contributed by atoms with E-state index >= 15 is 0 Å². The van der Waals surface area contributed by atoms with Crippen LogP contribution in [0.5, 0.6) is 0 Å². The summed E-state index contributed by atoms with van der Waals surface area (Å²) in [5.41, 5.74) is 1.38. The first kappa shape index (κ1) is 14.9. The summed E-state index contributed by atoms with van der Waals surface area (Å²) in [4.78, 5) is 16.2. The first-order valence-corrected chi connectivity index (χ1v) is 7.47. The lowest BCUT2D eigenvalue weighted by atomic mass is 10.1. The van der Waals surface area contributed by atoms with Gasteiger partial charge in [-0.2, -0.15) is 0 Å². The van der Waals surface area contributed by atoms with Crippen molar-refractivity contribution in [3.63, 3.8) is 0 Å². The Morgan fingerprint density at radius 1 is 1.15 bits per heavy atom. The minimum atomic E-state index is 0.0720. The van der Waals surface area contributed by atoms with Crippen LogP contribution in [0.15, 0.2) is 30.3 Å². The van der Waals surface area contributed by atoms with E-state index in [1.807, 2.05) is 18.7 Å². The number of amides is 2. The summed E-state index contributed by atoms with van der Waals surface area (Å²) >= 11 is 0. The fourth-order valence-corrected chi connectivity index (χ4v) is 2.44. The molecule has 0 spiro atoms. The lowest BCUT2D eigenvalue weighted by Crippen LogP contribution is -2.53. The maximum absolute atomic E-state index is 11.9. The van der Waals surface area contributed by atoms with E-state index in [0.717, 1.165) is 39.1 Å². The molecule has 0 aliphatic carbocycles. The molecule has 2 amide bonds. The van der Waals surface area contributed by atoms with Crippen molar-refractivity contribution in [2.45, 2.75) is 26.3 Å². The van der Waals surface area contributed by atoms with Gasteiger partial charge in [-0.25, -0.2) is 4.79 Å². The maximum Gasteiger partial charge on any atom is 0.317 e. The molecule has 1 heterocycles. The highest BCUT2D eigenvalue weighted by molar-refractivity contribution is 5.74. The van der Waals surface area contributed by atoms with Gasteiger partial charge in [0.05, 0.1) is 0 Å². The van der Waals surface area contributed by atoms with Crippen LogP contribution < -0.4 is 5.32 Å². The Balaban J connectivity index is 1.70. The van der Waals surface area contributed by atoms with Gasteiger partial charge in [-0.3, -0.25) is 4.90 Å². The van der Waals surface area contributed by atoms with Crippen LogP contribution in [0.1, 0.15) is 19.4 Å². The molecule has 1 aliphatic heterocycles. The van der Waals surface area contributed by atoms with Crippen molar-refractivity contribution in [2.75, 3.05) is 32.7 Å². The van der Waals surface area contributed by atoms with Gasteiger partial charge in [0.2, 0.25) is 0 Å². The second kappa shape index (κ2) is 7.29. The van der Waals surface area contributed by atoms with Crippen LogP contribution in [-0.2, 0) is 6.42 Å². The number of benzene rings is 1. The van der Waals surface area contributed by atoms with Gasteiger partial charge in [0.25, 0.3) is 0 Å². The maximum atomic E-state index is 11.9. The van der Waals surface area contributed by atoms with Gasteiger partial charge in [-0.15, -0.1) is 0 Å². The fraction of sp³-hybridized carbons (Fsp3) is 0.562. The van der Waals surface area contributed by atoms with Crippen molar-refractivity contribution in [1.29, 1.82) is 0 Å². The predicted molar refractivity (Wildman–Crippen MR) is 81.8 cm³/mol. The number of urea groups is 1. The molecule has 1 N–H and O–H groups in total. The van der Waals surface area contributed by atoms with E-state index in [9.17, 15) is 4.79 Å². The monoisotopic (exact) mass is 275 g/mol. The second-order valence-corrected chi connectivity index (χ2v) is 5.67. The largest absolute Gasteiger partial charge is 0.336 e. The third kappa shape index (κ3) is 4.53. The molecule has 1 aromatic rings.